The highest BCUT2D eigenvalue weighted by atomic mass is 16.5. The van der Waals surface area contributed by atoms with E-state index in [9.17, 15) is 4.79 Å². The summed E-state index contributed by atoms with van der Waals surface area (Å²) in [4.78, 5) is 18.7. The average Bonchev–Trinajstić information content (AvgIpc) is 2.43. The number of aliphatic imine (C=N–C) groups is 1. The Balaban J connectivity index is 2.65. The van der Waals surface area contributed by atoms with Crippen LogP contribution < -0.4 is 10.3 Å². The Kier molecular flexibility index (Phi) is 3.66. The highest BCUT2D eigenvalue weighted by molar-refractivity contribution is 5.96. The Labute approximate surface area is 110 Å². The predicted molar refractivity (Wildman–Crippen MR) is 74.9 cm³/mol. The Morgan fingerprint density at radius 3 is 2.84 bits per heavy atom. The summed E-state index contributed by atoms with van der Waals surface area (Å²) in [6.45, 7) is 3.47. The molecule has 0 unspecified atom stereocenters. The first-order valence-corrected chi connectivity index (χ1v) is 5.65. The molecular formula is C14H14N2O3. The maximum absolute atomic E-state index is 12.0. The molecule has 5 nitrogen and oxygen atoms in total. The van der Waals surface area contributed by atoms with E-state index in [1.165, 1.54) is 6.26 Å². The highest BCUT2D eigenvalue weighted by Gasteiger charge is 2.08. The number of hydrogen-bond donors (Lipinski definition) is 1. The molecule has 2 rings (SSSR count). The second-order valence-corrected chi connectivity index (χ2v) is 3.78. The van der Waals surface area contributed by atoms with E-state index in [0.717, 1.165) is 5.39 Å². The van der Waals surface area contributed by atoms with Gasteiger partial charge in [-0.25, -0.2) is 0 Å². The van der Waals surface area contributed by atoms with Gasteiger partial charge in [-0.1, -0.05) is 6.58 Å². The van der Waals surface area contributed by atoms with E-state index in [1.54, 1.807) is 38.4 Å². The van der Waals surface area contributed by atoms with Crippen molar-refractivity contribution in [2.24, 2.45) is 4.99 Å². The molecule has 0 radical (unpaired) electrons. The van der Waals surface area contributed by atoms with Crippen molar-refractivity contribution in [1.82, 2.24) is 4.98 Å². The quantitative estimate of drug-likeness (QED) is 0.521. The lowest BCUT2D eigenvalue weighted by molar-refractivity contribution is 0.415. The van der Waals surface area contributed by atoms with Crippen LogP contribution in [0.4, 0.5) is 0 Å². The number of H-pyrrole nitrogens is 1. The maximum Gasteiger partial charge on any atom is 0.256 e. The Morgan fingerprint density at radius 2 is 2.21 bits per heavy atom. The summed E-state index contributed by atoms with van der Waals surface area (Å²) in [5.74, 6) is 0.987. The zero-order valence-corrected chi connectivity index (χ0v) is 10.8. The summed E-state index contributed by atoms with van der Waals surface area (Å²) >= 11 is 0. The molecule has 0 atom stereocenters. The summed E-state index contributed by atoms with van der Waals surface area (Å²) in [5.41, 5.74) is 0.289. The molecule has 0 aliphatic carbocycles. The van der Waals surface area contributed by atoms with E-state index < -0.39 is 0 Å². The molecule has 1 heterocycles. The van der Waals surface area contributed by atoms with Gasteiger partial charge in [0.15, 0.2) is 0 Å². The summed E-state index contributed by atoms with van der Waals surface area (Å²) in [6.07, 6.45) is 1.26. The summed E-state index contributed by atoms with van der Waals surface area (Å²) in [7, 11) is 3.15. The van der Waals surface area contributed by atoms with E-state index in [2.05, 4.69) is 16.6 Å². The fourth-order valence-electron chi connectivity index (χ4n) is 1.81. The highest BCUT2D eigenvalue weighted by Crippen LogP contribution is 2.18. The van der Waals surface area contributed by atoms with Gasteiger partial charge in [0, 0.05) is 12.4 Å². The van der Waals surface area contributed by atoms with Crippen LogP contribution in [0.1, 0.15) is 5.69 Å². The second-order valence-electron chi connectivity index (χ2n) is 3.78. The number of nitrogens with one attached hydrogen (secondary N) is 1. The van der Waals surface area contributed by atoms with Gasteiger partial charge in [-0.15, -0.1) is 0 Å². The summed E-state index contributed by atoms with van der Waals surface area (Å²) in [6, 6.07) is 7.03. The maximum atomic E-state index is 12.0. The molecule has 0 bridgehead atoms. The smallest absolute Gasteiger partial charge is 0.256 e. The van der Waals surface area contributed by atoms with Gasteiger partial charge >= 0.3 is 0 Å². The van der Waals surface area contributed by atoms with Crippen molar-refractivity contribution < 1.29 is 9.47 Å². The van der Waals surface area contributed by atoms with Crippen LogP contribution in [0.3, 0.4) is 0 Å². The van der Waals surface area contributed by atoms with Crippen molar-refractivity contribution in [2.75, 3.05) is 14.2 Å². The molecule has 1 aromatic carbocycles. The number of fused-ring (bicyclic) bond motifs is 1. The van der Waals surface area contributed by atoms with Gasteiger partial charge < -0.3 is 14.5 Å². The molecule has 0 fully saturated rings. The second kappa shape index (κ2) is 5.39. The van der Waals surface area contributed by atoms with E-state index in [0.29, 0.717) is 22.7 Å². The molecular weight excluding hydrogens is 244 g/mol. The number of methoxy groups -OCH3 is 1. The van der Waals surface area contributed by atoms with Crippen molar-refractivity contribution in [3.63, 3.8) is 0 Å². The van der Waals surface area contributed by atoms with Crippen LogP contribution in [0.15, 0.2) is 46.9 Å². The van der Waals surface area contributed by atoms with E-state index in [1.807, 2.05) is 0 Å². The number of pyridine rings is 1. The van der Waals surface area contributed by atoms with Gasteiger partial charge in [-0.05, 0) is 29.7 Å². The minimum atomic E-state index is -0.205. The molecule has 0 saturated heterocycles. The van der Waals surface area contributed by atoms with Crippen LogP contribution in [0, 0.1) is 0 Å². The number of rotatable bonds is 3. The fraction of sp³-hybridized carbons (Fsp3) is 0.143. The summed E-state index contributed by atoms with van der Waals surface area (Å²) < 4.78 is 10.3. The van der Waals surface area contributed by atoms with Crippen LogP contribution in [-0.4, -0.2) is 25.0 Å². The van der Waals surface area contributed by atoms with Gasteiger partial charge in [0.05, 0.1) is 13.4 Å². The molecule has 5 heteroatoms. The third-order valence-electron chi connectivity index (χ3n) is 2.68. The Bertz CT molecular complexity index is 701. The number of aromatic amines is 1. The molecule has 19 heavy (non-hydrogen) atoms. The van der Waals surface area contributed by atoms with Crippen LogP contribution in [0.5, 0.6) is 5.75 Å². The fourth-order valence-corrected chi connectivity index (χ4v) is 1.81. The Hall–Kier alpha value is -2.56. The van der Waals surface area contributed by atoms with Crippen molar-refractivity contribution in [1.29, 1.82) is 0 Å². The molecule has 0 saturated carbocycles. The number of benzene rings is 1. The van der Waals surface area contributed by atoms with Gasteiger partial charge in [0.2, 0.25) is 5.90 Å². The molecule has 0 aliphatic rings. The third-order valence-corrected chi connectivity index (χ3v) is 2.68. The van der Waals surface area contributed by atoms with Crippen LogP contribution >= 0.6 is 0 Å². The molecule has 0 amide bonds. The van der Waals surface area contributed by atoms with Gasteiger partial charge in [-0.3, -0.25) is 9.79 Å². The SMILES string of the molecule is C=COC(=NC)c1cc2cc(OC)ccc2c(=O)[nH]1. The zero-order chi connectivity index (χ0) is 13.8. The standard InChI is InChI=1S/C14H14N2O3/c1-4-19-14(15-2)12-8-9-7-10(18-3)5-6-11(9)13(17)16-12/h4-8H,1H2,2-3H3,(H,16,17). The third kappa shape index (κ3) is 2.49. The number of hydrogen-bond acceptors (Lipinski definition) is 4. The first-order valence-electron chi connectivity index (χ1n) is 5.65. The van der Waals surface area contributed by atoms with E-state index in [4.69, 9.17) is 9.47 Å². The van der Waals surface area contributed by atoms with Gasteiger partial charge in [0.1, 0.15) is 11.4 Å². The molecule has 0 aliphatic heterocycles. The van der Waals surface area contributed by atoms with Gasteiger partial charge in [0.25, 0.3) is 5.56 Å². The van der Waals surface area contributed by atoms with Gasteiger partial charge in [-0.2, -0.15) is 0 Å². The van der Waals surface area contributed by atoms with Crippen molar-refractivity contribution >= 4 is 16.7 Å². The van der Waals surface area contributed by atoms with E-state index >= 15 is 0 Å². The number of nitrogens with zero attached hydrogens (tertiary/aromatic N) is 1. The topological polar surface area (TPSA) is 63.7 Å². The largest absolute Gasteiger partial charge is 0.497 e. The van der Waals surface area contributed by atoms with E-state index in [-0.39, 0.29) is 5.56 Å². The van der Waals surface area contributed by atoms with Crippen LogP contribution in [-0.2, 0) is 4.74 Å². The molecule has 0 spiro atoms. The molecule has 98 valence electrons. The lowest BCUT2D eigenvalue weighted by Gasteiger charge is -2.07. The van der Waals surface area contributed by atoms with Crippen LogP contribution in [0.2, 0.25) is 0 Å². The molecule has 1 N–H and O–H groups in total. The minimum Gasteiger partial charge on any atom is -0.497 e. The van der Waals surface area contributed by atoms with Crippen LogP contribution in [0.25, 0.3) is 10.8 Å². The Morgan fingerprint density at radius 1 is 1.42 bits per heavy atom. The van der Waals surface area contributed by atoms with Crippen molar-refractivity contribution in [3.05, 3.63) is 53.2 Å². The zero-order valence-electron chi connectivity index (χ0n) is 10.8. The lowest BCUT2D eigenvalue weighted by Crippen LogP contribution is -2.14. The molecule has 2 aromatic rings. The first kappa shape index (κ1) is 12.9. The number of ether oxygens (including phenoxy) is 2. The van der Waals surface area contributed by atoms with Crippen molar-refractivity contribution in [3.8, 4) is 5.75 Å². The molecule has 1 aromatic heterocycles. The van der Waals surface area contributed by atoms with Crippen molar-refractivity contribution in [2.45, 2.75) is 0 Å². The number of aromatic nitrogens is 1. The monoisotopic (exact) mass is 258 g/mol. The first-order chi connectivity index (χ1) is 9.19. The lowest BCUT2D eigenvalue weighted by atomic mass is 10.1. The average molecular weight is 258 g/mol. The summed E-state index contributed by atoms with van der Waals surface area (Å²) in [5, 5.41) is 1.34. The predicted octanol–water partition coefficient (Wildman–Crippen LogP) is 2.07. The normalized spacial score (nSPS) is 11.4. The minimum absolute atomic E-state index is 0.205.